The van der Waals surface area contributed by atoms with Crippen molar-refractivity contribution in [2.75, 3.05) is 6.54 Å². The lowest BCUT2D eigenvalue weighted by Gasteiger charge is -2.43. The molecule has 0 radical (unpaired) electrons. The van der Waals surface area contributed by atoms with Gasteiger partial charge in [0.1, 0.15) is 17.7 Å². The lowest BCUT2D eigenvalue weighted by atomic mass is 9.87. The van der Waals surface area contributed by atoms with Gasteiger partial charge in [0.2, 0.25) is 11.8 Å². The quantitative estimate of drug-likeness (QED) is 0.499. The van der Waals surface area contributed by atoms with Gasteiger partial charge in [0, 0.05) is 12.6 Å². The van der Waals surface area contributed by atoms with Crippen LogP contribution in [0.15, 0.2) is 24.3 Å². The van der Waals surface area contributed by atoms with Crippen LogP contribution in [0.1, 0.15) is 90.3 Å². The Morgan fingerprint density at radius 1 is 1.15 bits per heavy atom. The van der Waals surface area contributed by atoms with Gasteiger partial charge < -0.3 is 20.3 Å². The van der Waals surface area contributed by atoms with Crippen molar-refractivity contribution >= 4 is 17.9 Å². The molecule has 1 saturated carbocycles. The molecule has 7 nitrogen and oxygen atoms in total. The van der Waals surface area contributed by atoms with Gasteiger partial charge in [-0.25, -0.2) is 4.79 Å². The van der Waals surface area contributed by atoms with Crippen molar-refractivity contribution in [2.45, 2.75) is 104 Å². The maximum absolute atomic E-state index is 13.7. The minimum Gasteiger partial charge on any atom is -0.444 e. The molecular formula is C26H41N3O4. The third-order valence-corrected chi connectivity index (χ3v) is 5.92. The molecule has 0 bridgehead atoms. The highest BCUT2D eigenvalue weighted by Crippen LogP contribution is 2.34. The molecule has 184 valence electrons. The maximum Gasteiger partial charge on any atom is 0.408 e. The lowest BCUT2D eigenvalue weighted by Crippen LogP contribution is -2.56. The minimum atomic E-state index is -0.820. The number of nitrogens with one attached hydrogen (secondary N) is 2. The summed E-state index contributed by atoms with van der Waals surface area (Å²) in [6, 6.07) is 6.09. The van der Waals surface area contributed by atoms with Gasteiger partial charge in [-0.2, -0.15) is 0 Å². The van der Waals surface area contributed by atoms with E-state index >= 15 is 0 Å². The van der Waals surface area contributed by atoms with E-state index in [1.54, 1.807) is 32.6 Å². The number of amides is 3. The van der Waals surface area contributed by atoms with Crippen LogP contribution in [0.25, 0.3) is 0 Å². The molecule has 33 heavy (non-hydrogen) atoms. The molecule has 0 aromatic heterocycles. The van der Waals surface area contributed by atoms with Crippen molar-refractivity contribution in [3.8, 4) is 0 Å². The first kappa shape index (κ1) is 26.7. The fraction of sp³-hybridized carbons (Fsp3) is 0.654. The second-order valence-electron chi connectivity index (χ2n) is 9.96. The van der Waals surface area contributed by atoms with Crippen LogP contribution in [-0.4, -0.2) is 47.0 Å². The van der Waals surface area contributed by atoms with Gasteiger partial charge in [0.05, 0.1) is 0 Å². The van der Waals surface area contributed by atoms with Crippen LogP contribution < -0.4 is 10.6 Å². The third-order valence-electron chi connectivity index (χ3n) is 5.92. The summed E-state index contributed by atoms with van der Waals surface area (Å²) in [5.41, 5.74) is 1.11. The average Bonchev–Trinajstić information content (AvgIpc) is 2.68. The van der Waals surface area contributed by atoms with Crippen LogP contribution in [0.5, 0.6) is 0 Å². The van der Waals surface area contributed by atoms with Gasteiger partial charge in [-0.05, 0) is 71.4 Å². The molecule has 3 amide bonds. The Morgan fingerprint density at radius 3 is 2.36 bits per heavy atom. The van der Waals surface area contributed by atoms with Crippen LogP contribution in [0, 0.1) is 6.92 Å². The topological polar surface area (TPSA) is 87.7 Å². The van der Waals surface area contributed by atoms with Crippen molar-refractivity contribution in [3.05, 3.63) is 35.4 Å². The number of aryl methyl sites for hydroxylation is 1. The van der Waals surface area contributed by atoms with Crippen LogP contribution in [-0.2, 0) is 14.3 Å². The zero-order valence-corrected chi connectivity index (χ0v) is 21.1. The average molecular weight is 460 g/mol. The Kier molecular flexibility index (Phi) is 9.74. The molecule has 2 atom stereocenters. The van der Waals surface area contributed by atoms with E-state index in [4.69, 9.17) is 4.74 Å². The largest absolute Gasteiger partial charge is 0.444 e. The fourth-order valence-electron chi connectivity index (χ4n) is 3.95. The Morgan fingerprint density at radius 2 is 1.82 bits per heavy atom. The summed E-state index contributed by atoms with van der Waals surface area (Å²) in [6.45, 7) is 11.6. The van der Waals surface area contributed by atoms with E-state index in [1.165, 1.54) is 0 Å². The number of unbranched alkanes of at least 4 members (excludes halogenated alkanes) is 2. The Labute approximate surface area is 198 Å². The highest BCUT2D eigenvalue weighted by Gasteiger charge is 2.41. The SMILES string of the molecule is CCCCCNC(=O)C(c1ccccc1C)N(C(=O)C(C)NC(=O)OC(C)(C)C)C1CCC1. The highest BCUT2D eigenvalue weighted by atomic mass is 16.6. The van der Waals surface area contributed by atoms with Gasteiger partial charge in [-0.15, -0.1) is 0 Å². The van der Waals surface area contributed by atoms with E-state index < -0.39 is 23.8 Å². The smallest absolute Gasteiger partial charge is 0.408 e. The minimum absolute atomic E-state index is 0.0358. The molecule has 1 aliphatic carbocycles. The molecule has 1 aromatic rings. The standard InChI is InChI=1S/C26H41N3O4/c1-7-8-11-17-27-23(30)22(21-16-10-9-13-18(21)2)29(20-14-12-15-20)24(31)19(3)28-25(32)33-26(4,5)6/h9-10,13,16,19-20,22H,7-8,11-12,14-15,17H2,1-6H3,(H,27,30)(H,28,32). The summed E-state index contributed by atoms with van der Waals surface area (Å²) in [4.78, 5) is 41.1. The van der Waals surface area contributed by atoms with Gasteiger partial charge in [0.15, 0.2) is 0 Å². The van der Waals surface area contributed by atoms with Gasteiger partial charge >= 0.3 is 6.09 Å². The van der Waals surface area contributed by atoms with Gasteiger partial charge in [-0.3, -0.25) is 9.59 Å². The second kappa shape index (κ2) is 12.1. The van der Waals surface area contributed by atoms with E-state index in [1.807, 2.05) is 31.2 Å². The number of hydrogen-bond acceptors (Lipinski definition) is 4. The molecule has 1 fully saturated rings. The predicted molar refractivity (Wildman–Crippen MR) is 130 cm³/mol. The zero-order valence-electron chi connectivity index (χ0n) is 21.1. The molecule has 0 saturated heterocycles. The van der Waals surface area contributed by atoms with Crippen molar-refractivity contribution in [1.82, 2.24) is 15.5 Å². The number of ether oxygens (including phenoxy) is 1. The molecule has 2 rings (SSSR count). The van der Waals surface area contributed by atoms with Crippen LogP contribution in [0.2, 0.25) is 0 Å². The first-order valence-corrected chi connectivity index (χ1v) is 12.2. The number of rotatable bonds is 10. The Bertz CT molecular complexity index is 814. The summed E-state index contributed by atoms with van der Waals surface area (Å²) in [5, 5.41) is 5.70. The lowest BCUT2D eigenvalue weighted by molar-refractivity contribution is -0.147. The molecule has 0 heterocycles. The summed E-state index contributed by atoms with van der Waals surface area (Å²) in [7, 11) is 0. The van der Waals surface area contributed by atoms with Crippen molar-refractivity contribution in [2.24, 2.45) is 0 Å². The predicted octanol–water partition coefficient (Wildman–Crippen LogP) is 4.64. The molecule has 7 heteroatoms. The monoisotopic (exact) mass is 459 g/mol. The van der Waals surface area contributed by atoms with Crippen molar-refractivity contribution in [3.63, 3.8) is 0 Å². The van der Waals surface area contributed by atoms with E-state index in [0.29, 0.717) is 6.54 Å². The number of carbonyl (C=O) groups excluding carboxylic acids is 3. The van der Waals surface area contributed by atoms with Crippen LogP contribution in [0.3, 0.4) is 0 Å². The molecule has 2 unspecified atom stereocenters. The van der Waals surface area contributed by atoms with Crippen molar-refractivity contribution < 1.29 is 19.1 Å². The van der Waals surface area contributed by atoms with Crippen molar-refractivity contribution in [1.29, 1.82) is 0 Å². The first-order valence-electron chi connectivity index (χ1n) is 12.2. The number of benzene rings is 1. The molecule has 1 aliphatic rings. The summed E-state index contributed by atoms with van der Waals surface area (Å²) >= 11 is 0. The number of alkyl carbamates (subject to hydrolysis) is 1. The normalized spacial score (nSPS) is 15.7. The third kappa shape index (κ3) is 7.76. The summed E-state index contributed by atoms with van der Waals surface area (Å²) in [5.74, 6) is -0.451. The van der Waals surface area contributed by atoms with Gasteiger partial charge in [0.25, 0.3) is 0 Å². The molecule has 0 spiro atoms. The Hall–Kier alpha value is -2.57. The summed E-state index contributed by atoms with van der Waals surface area (Å²) in [6.07, 6.45) is 5.06. The number of carbonyl (C=O) groups is 3. The van der Waals surface area contributed by atoms with E-state index in [9.17, 15) is 14.4 Å². The van der Waals surface area contributed by atoms with E-state index in [-0.39, 0.29) is 17.9 Å². The zero-order chi connectivity index (χ0) is 24.6. The number of hydrogen-bond donors (Lipinski definition) is 2. The maximum atomic E-state index is 13.7. The van der Waals surface area contributed by atoms with E-state index in [0.717, 1.165) is 49.7 Å². The molecule has 2 N–H and O–H groups in total. The Balaban J connectivity index is 2.31. The van der Waals surface area contributed by atoms with Gasteiger partial charge in [-0.1, -0.05) is 44.0 Å². The molecule has 0 aliphatic heterocycles. The second-order valence-corrected chi connectivity index (χ2v) is 9.96. The fourth-order valence-corrected chi connectivity index (χ4v) is 3.95. The number of nitrogens with zero attached hydrogens (tertiary/aromatic N) is 1. The summed E-state index contributed by atoms with van der Waals surface area (Å²) < 4.78 is 5.33. The molecule has 1 aromatic carbocycles. The molecular weight excluding hydrogens is 418 g/mol. The van der Waals surface area contributed by atoms with E-state index in [2.05, 4.69) is 17.6 Å². The first-order chi connectivity index (χ1) is 15.5. The van der Waals surface area contributed by atoms with Crippen LogP contribution in [0.4, 0.5) is 4.79 Å². The highest BCUT2D eigenvalue weighted by molar-refractivity contribution is 5.92. The van der Waals surface area contributed by atoms with Crippen LogP contribution >= 0.6 is 0 Å².